The van der Waals surface area contributed by atoms with E-state index in [0.717, 1.165) is 41.9 Å². The molecule has 0 aliphatic carbocycles. The van der Waals surface area contributed by atoms with Crippen molar-refractivity contribution in [2.45, 2.75) is 65.5 Å². The third-order valence-corrected chi connectivity index (χ3v) is 8.37. The van der Waals surface area contributed by atoms with Crippen molar-refractivity contribution in [1.82, 2.24) is 4.98 Å². The quantitative estimate of drug-likeness (QED) is 0.110. The maximum atomic E-state index is 13.6. The van der Waals surface area contributed by atoms with Gasteiger partial charge < -0.3 is 14.6 Å². The Kier molecular flexibility index (Phi) is 7.76. The largest absolute Gasteiger partial charge is 0.507 e. The van der Waals surface area contributed by atoms with Crippen molar-refractivity contribution in [3.63, 3.8) is 0 Å². The van der Waals surface area contributed by atoms with E-state index in [9.17, 15) is 19.5 Å². The smallest absolute Gasteiger partial charge is 0.301 e. The molecular weight excluding hydrogens is 528 g/mol. The number of ketones is 2. The van der Waals surface area contributed by atoms with Gasteiger partial charge in [0.05, 0.1) is 28.8 Å². The molecule has 40 heavy (non-hydrogen) atoms. The monoisotopic (exact) mass is 560 g/mol. The van der Waals surface area contributed by atoms with E-state index in [0.29, 0.717) is 40.5 Å². The van der Waals surface area contributed by atoms with E-state index in [4.69, 9.17) is 9.47 Å². The van der Waals surface area contributed by atoms with Crippen LogP contribution in [0.5, 0.6) is 11.5 Å². The molecular formula is C31H32N2O6S. The fraction of sp³-hybridized carbons (Fsp3) is 0.355. The van der Waals surface area contributed by atoms with Crippen LogP contribution in [0.2, 0.25) is 0 Å². The molecule has 2 aliphatic heterocycles. The number of aliphatic hydroxyl groups excluding tert-OH is 1. The molecule has 5 rings (SSSR count). The summed E-state index contributed by atoms with van der Waals surface area (Å²) in [7, 11) is 0. The second kappa shape index (κ2) is 11.3. The van der Waals surface area contributed by atoms with Gasteiger partial charge in [0.2, 0.25) is 0 Å². The van der Waals surface area contributed by atoms with Crippen molar-refractivity contribution in [3.8, 4) is 11.5 Å². The van der Waals surface area contributed by atoms with Crippen LogP contribution in [-0.2, 0) is 16.0 Å². The minimum Gasteiger partial charge on any atom is -0.507 e. The molecule has 1 N–H and O–H groups in total. The summed E-state index contributed by atoms with van der Waals surface area (Å²) in [6.45, 7) is 7.76. The predicted molar refractivity (Wildman–Crippen MR) is 153 cm³/mol. The topological polar surface area (TPSA) is 106 Å². The standard InChI is InChI=1S/C31H32N2O6S/c1-5-6-7-13-38-23-10-8-9-20(16-23)26-25(27(35)21-11-12-24-22(15-21)14-17(2)39-24)28(36)30(37)33(26)31-32-18(3)29(40-31)19(4)34/h8-12,15-17,26,35H,5-7,13-14H2,1-4H3/b27-25+/t17-,26+/m0/s1. The summed E-state index contributed by atoms with van der Waals surface area (Å²) in [5.41, 5.74) is 2.37. The molecule has 2 aromatic carbocycles. The van der Waals surface area contributed by atoms with E-state index in [-0.39, 0.29) is 28.4 Å². The van der Waals surface area contributed by atoms with Gasteiger partial charge in [0.15, 0.2) is 10.9 Å². The summed E-state index contributed by atoms with van der Waals surface area (Å²) in [5.74, 6) is -0.748. The fourth-order valence-corrected chi connectivity index (χ4v) is 6.19. The summed E-state index contributed by atoms with van der Waals surface area (Å²) < 4.78 is 11.7. The normalized spacial score (nSPS) is 19.6. The van der Waals surface area contributed by atoms with Gasteiger partial charge in [0.1, 0.15) is 23.4 Å². The summed E-state index contributed by atoms with van der Waals surface area (Å²) in [6, 6.07) is 11.5. The van der Waals surface area contributed by atoms with Gasteiger partial charge >= 0.3 is 5.91 Å². The number of fused-ring (bicyclic) bond motifs is 1. The van der Waals surface area contributed by atoms with E-state index < -0.39 is 17.7 Å². The molecule has 0 spiro atoms. The van der Waals surface area contributed by atoms with Crippen LogP contribution >= 0.6 is 11.3 Å². The van der Waals surface area contributed by atoms with Gasteiger partial charge in [0.25, 0.3) is 5.78 Å². The maximum Gasteiger partial charge on any atom is 0.301 e. The Morgan fingerprint density at radius 3 is 2.73 bits per heavy atom. The number of Topliss-reactive ketones (excluding diaryl/α,β-unsaturated/α-hetero) is 2. The first-order chi connectivity index (χ1) is 19.2. The van der Waals surface area contributed by atoms with Gasteiger partial charge in [-0.25, -0.2) is 4.98 Å². The summed E-state index contributed by atoms with van der Waals surface area (Å²) >= 11 is 1.06. The van der Waals surface area contributed by atoms with Crippen LogP contribution in [0.15, 0.2) is 48.0 Å². The number of benzene rings is 2. The third kappa shape index (κ3) is 5.13. The number of unbranched alkanes of at least 4 members (excludes halogenated alkanes) is 2. The van der Waals surface area contributed by atoms with E-state index >= 15 is 0 Å². The zero-order valence-electron chi connectivity index (χ0n) is 23.0. The highest BCUT2D eigenvalue weighted by molar-refractivity contribution is 7.18. The Morgan fingerprint density at radius 1 is 1.20 bits per heavy atom. The van der Waals surface area contributed by atoms with E-state index in [2.05, 4.69) is 11.9 Å². The van der Waals surface area contributed by atoms with Crippen LogP contribution in [-0.4, -0.2) is 40.3 Å². The minimum absolute atomic E-state index is 0.0154. The molecule has 1 amide bonds. The van der Waals surface area contributed by atoms with Crippen molar-refractivity contribution in [2.24, 2.45) is 0 Å². The van der Waals surface area contributed by atoms with Crippen LogP contribution in [0.4, 0.5) is 5.13 Å². The van der Waals surface area contributed by atoms with Gasteiger partial charge in [-0.15, -0.1) is 0 Å². The SMILES string of the molecule is CCCCCOc1cccc([C@@H]2/C(=C(\O)c3ccc4c(c3)C[C@H](C)O4)C(=O)C(=O)N2c2nc(C)c(C(C)=O)s2)c1. The van der Waals surface area contributed by atoms with Crippen molar-refractivity contribution < 1.29 is 29.0 Å². The average Bonchev–Trinajstić information content (AvgIpc) is 3.58. The van der Waals surface area contributed by atoms with E-state index in [1.54, 1.807) is 43.3 Å². The molecule has 1 fully saturated rings. The Bertz CT molecular complexity index is 1520. The van der Waals surface area contributed by atoms with Crippen LogP contribution in [0.3, 0.4) is 0 Å². The lowest BCUT2D eigenvalue weighted by Crippen LogP contribution is -2.29. The molecule has 2 atom stereocenters. The van der Waals surface area contributed by atoms with Crippen molar-refractivity contribution in [3.05, 3.63) is 75.3 Å². The fourth-order valence-electron chi connectivity index (χ4n) is 5.20. The zero-order chi connectivity index (χ0) is 28.6. The molecule has 1 aromatic heterocycles. The summed E-state index contributed by atoms with van der Waals surface area (Å²) in [4.78, 5) is 45.5. The predicted octanol–water partition coefficient (Wildman–Crippen LogP) is 6.17. The second-order valence-electron chi connectivity index (χ2n) is 10.2. The number of hydrogen-bond donors (Lipinski definition) is 1. The number of thiazole rings is 1. The van der Waals surface area contributed by atoms with Crippen molar-refractivity contribution >= 4 is 39.7 Å². The summed E-state index contributed by atoms with van der Waals surface area (Å²) in [6.07, 6.45) is 3.72. The summed E-state index contributed by atoms with van der Waals surface area (Å²) in [5, 5.41) is 11.8. The molecule has 1 saturated heterocycles. The van der Waals surface area contributed by atoms with Crippen LogP contribution in [0.25, 0.3) is 5.76 Å². The van der Waals surface area contributed by atoms with Crippen molar-refractivity contribution in [2.75, 3.05) is 11.5 Å². The third-order valence-electron chi connectivity index (χ3n) is 7.12. The number of aromatic nitrogens is 1. The maximum absolute atomic E-state index is 13.6. The zero-order valence-corrected chi connectivity index (χ0v) is 23.8. The van der Waals surface area contributed by atoms with Gasteiger partial charge in [-0.3, -0.25) is 19.3 Å². The van der Waals surface area contributed by atoms with Crippen LogP contribution in [0.1, 0.15) is 78.1 Å². The Balaban J connectivity index is 1.63. The lowest BCUT2D eigenvalue weighted by atomic mass is 9.94. The first kappa shape index (κ1) is 27.6. The average molecular weight is 561 g/mol. The number of carbonyl (C=O) groups is 3. The van der Waals surface area contributed by atoms with Gasteiger partial charge in [-0.05, 0) is 61.7 Å². The molecule has 3 heterocycles. The number of hydrogen-bond acceptors (Lipinski definition) is 8. The molecule has 2 aliphatic rings. The highest BCUT2D eigenvalue weighted by Gasteiger charge is 2.48. The molecule has 3 aromatic rings. The Hall–Kier alpha value is -3.98. The number of ether oxygens (including phenoxy) is 2. The number of amides is 1. The molecule has 0 radical (unpaired) electrons. The van der Waals surface area contributed by atoms with Gasteiger partial charge in [0, 0.05) is 18.9 Å². The highest BCUT2D eigenvalue weighted by atomic mass is 32.1. The van der Waals surface area contributed by atoms with Gasteiger partial charge in [-0.2, -0.15) is 0 Å². The second-order valence-corrected chi connectivity index (χ2v) is 11.2. The van der Waals surface area contributed by atoms with E-state index in [1.807, 2.05) is 13.0 Å². The first-order valence-corrected chi connectivity index (χ1v) is 14.3. The van der Waals surface area contributed by atoms with Crippen LogP contribution in [0, 0.1) is 6.92 Å². The Labute approximate surface area is 237 Å². The lowest BCUT2D eigenvalue weighted by molar-refractivity contribution is -0.132. The molecule has 0 bridgehead atoms. The molecule has 0 unspecified atom stereocenters. The number of nitrogens with zero attached hydrogens (tertiary/aromatic N) is 2. The van der Waals surface area contributed by atoms with E-state index in [1.165, 1.54) is 11.8 Å². The molecule has 208 valence electrons. The minimum atomic E-state index is -0.965. The molecule has 9 heteroatoms. The van der Waals surface area contributed by atoms with Gasteiger partial charge in [-0.1, -0.05) is 43.2 Å². The highest BCUT2D eigenvalue weighted by Crippen LogP contribution is 2.45. The number of anilines is 1. The number of rotatable bonds is 9. The number of aryl methyl sites for hydroxylation is 1. The first-order valence-electron chi connectivity index (χ1n) is 13.5. The van der Waals surface area contributed by atoms with Crippen molar-refractivity contribution in [1.29, 1.82) is 0 Å². The Morgan fingerprint density at radius 2 is 2.00 bits per heavy atom. The molecule has 0 saturated carbocycles. The number of aliphatic hydroxyl groups is 1. The number of carbonyl (C=O) groups excluding carboxylic acids is 3. The molecule has 8 nitrogen and oxygen atoms in total. The lowest BCUT2D eigenvalue weighted by Gasteiger charge is -2.23. The van der Waals surface area contributed by atoms with Crippen LogP contribution < -0.4 is 14.4 Å².